The van der Waals surface area contributed by atoms with Crippen LogP contribution in [-0.2, 0) is 16.0 Å². The van der Waals surface area contributed by atoms with E-state index in [9.17, 15) is 14.0 Å². The van der Waals surface area contributed by atoms with E-state index in [0.29, 0.717) is 42.9 Å². The Morgan fingerprint density at radius 1 is 1.05 bits per heavy atom. The van der Waals surface area contributed by atoms with Crippen LogP contribution in [0.25, 0.3) is 0 Å². The number of amides is 1. The molecule has 214 valence electrons. The number of halogens is 1. The number of para-hydroxylation sites is 2. The number of Topliss-reactive ketones (excluding diaryl/α,β-unsaturated/α-hetero) is 1. The number of hydrogen-bond acceptors (Lipinski definition) is 6. The number of carbonyl (C=O) groups is 2. The average molecular weight is 558 g/mol. The lowest BCUT2D eigenvalue weighted by Gasteiger charge is -2.38. The van der Waals surface area contributed by atoms with Crippen molar-refractivity contribution in [1.29, 1.82) is 0 Å². The van der Waals surface area contributed by atoms with Gasteiger partial charge in [-0.1, -0.05) is 38.1 Å². The maximum Gasteiger partial charge on any atom is 0.239 e. The number of rotatable bonds is 8. The van der Waals surface area contributed by atoms with Gasteiger partial charge in [0.25, 0.3) is 0 Å². The highest BCUT2D eigenvalue weighted by atomic mass is 19.1. The first-order valence-electron chi connectivity index (χ1n) is 13.8. The van der Waals surface area contributed by atoms with Crippen molar-refractivity contribution in [3.8, 4) is 11.5 Å². The molecule has 0 saturated heterocycles. The van der Waals surface area contributed by atoms with Gasteiger partial charge in [0.2, 0.25) is 5.91 Å². The fourth-order valence-electron chi connectivity index (χ4n) is 5.81. The molecule has 1 amide bonds. The highest BCUT2D eigenvalue weighted by Gasteiger charge is 2.42. The summed E-state index contributed by atoms with van der Waals surface area (Å²) in [5, 5.41) is 6.58. The van der Waals surface area contributed by atoms with Gasteiger partial charge >= 0.3 is 0 Å². The van der Waals surface area contributed by atoms with Gasteiger partial charge in [-0.25, -0.2) is 4.39 Å². The first-order chi connectivity index (χ1) is 19.7. The Morgan fingerprint density at radius 2 is 1.80 bits per heavy atom. The van der Waals surface area contributed by atoms with Crippen LogP contribution in [0.3, 0.4) is 0 Å². The van der Waals surface area contributed by atoms with Crippen molar-refractivity contribution >= 4 is 23.1 Å². The van der Waals surface area contributed by atoms with Gasteiger partial charge in [0.05, 0.1) is 38.2 Å². The van der Waals surface area contributed by atoms with E-state index in [2.05, 4.69) is 24.5 Å². The van der Waals surface area contributed by atoms with E-state index in [1.54, 1.807) is 26.4 Å². The van der Waals surface area contributed by atoms with E-state index in [-0.39, 0.29) is 29.5 Å². The molecule has 8 heteroatoms. The van der Waals surface area contributed by atoms with Crippen molar-refractivity contribution in [2.45, 2.75) is 39.2 Å². The first-order valence-corrected chi connectivity index (χ1v) is 13.8. The van der Waals surface area contributed by atoms with E-state index in [1.165, 1.54) is 12.1 Å². The van der Waals surface area contributed by atoms with Gasteiger partial charge in [-0.15, -0.1) is 0 Å². The number of hydrogen-bond donors (Lipinski definition) is 2. The normalized spacial score (nSPS) is 17.6. The lowest BCUT2D eigenvalue weighted by Crippen LogP contribution is -2.42. The van der Waals surface area contributed by atoms with Gasteiger partial charge in [-0.2, -0.15) is 0 Å². The largest absolute Gasteiger partial charge is 0.497 e. The van der Waals surface area contributed by atoms with Crippen LogP contribution in [0.4, 0.5) is 15.8 Å². The highest BCUT2D eigenvalue weighted by Crippen LogP contribution is 2.50. The minimum absolute atomic E-state index is 0.000590. The van der Waals surface area contributed by atoms with Crippen LogP contribution in [0.5, 0.6) is 11.5 Å². The van der Waals surface area contributed by atoms with Crippen LogP contribution >= 0.6 is 0 Å². The minimum atomic E-state index is -0.599. The fourth-order valence-corrected chi connectivity index (χ4v) is 5.81. The Bertz CT molecular complexity index is 1480. The molecule has 0 aromatic heterocycles. The number of anilines is 2. The van der Waals surface area contributed by atoms with Gasteiger partial charge in [0.1, 0.15) is 17.3 Å². The molecule has 0 saturated carbocycles. The zero-order valence-electron chi connectivity index (χ0n) is 23.9. The average Bonchev–Trinajstić information content (AvgIpc) is 3.07. The molecule has 5 rings (SSSR count). The van der Waals surface area contributed by atoms with Crippen LogP contribution in [0, 0.1) is 11.2 Å². The van der Waals surface area contributed by atoms with Crippen LogP contribution < -0.4 is 25.0 Å². The molecule has 3 aromatic rings. The third-order valence-corrected chi connectivity index (χ3v) is 7.70. The summed E-state index contributed by atoms with van der Waals surface area (Å²) in [6, 6.07) is 19.0. The van der Waals surface area contributed by atoms with Gasteiger partial charge in [0.15, 0.2) is 5.78 Å². The van der Waals surface area contributed by atoms with Gasteiger partial charge in [0, 0.05) is 29.8 Å². The van der Waals surface area contributed by atoms with Crippen molar-refractivity contribution in [3.05, 3.63) is 94.9 Å². The number of ether oxygens (including phenoxy) is 2. The number of ketones is 1. The Balaban J connectivity index is 1.57. The predicted molar refractivity (Wildman–Crippen MR) is 158 cm³/mol. The van der Waals surface area contributed by atoms with E-state index >= 15 is 0 Å². The number of nitrogens with one attached hydrogen (secondary N) is 2. The molecule has 1 heterocycles. The van der Waals surface area contributed by atoms with Crippen LogP contribution in [-0.4, -0.2) is 39.0 Å². The zero-order valence-corrected chi connectivity index (χ0v) is 23.9. The van der Waals surface area contributed by atoms with Crippen molar-refractivity contribution in [2.24, 2.45) is 5.41 Å². The summed E-state index contributed by atoms with van der Waals surface area (Å²) in [5.41, 5.74) is 4.57. The maximum atomic E-state index is 13.9. The monoisotopic (exact) mass is 557 g/mol. The number of carbonyl (C=O) groups excluding carboxylic acids is 2. The van der Waals surface area contributed by atoms with E-state index in [1.807, 2.05) is 47.4 Å². The molecular formula is C33H36FN3O4. The summed E-state index contributed by atoms with van der Waals surface area (Å²) >= 11 is 0. The van der Waals surface area contributed by atoms with Crippen molar-refractivity contribution < 1.29 is 23.5 Å². The molecule has 41 heavy (non-hydrogen) atoms. The standard InChI is InChI=1S/C33H36FN3O4/c1-33(2)18-26-31(28(38)19-33)32(24-17-23(40-3)13-14-29(24)41-4)37(27-8-6-5-7-25(27)36-26)20-30(39)35-16-15-21-9-11-22(34)12-10-21/h5-14,17,32,36H,15-16,18-20H2,1-4H3,(H,35,39). The third-order valence-electron chi connectivity index (χ3n) is 7.70. The SMILES string of the molecule is COc1ccc(OC)c(C2C3=C(CC(C)(C)CC3=O)Nc3ccccc3N2CC(=O)NCCc2ccc(F)cc2)c1. The molecule has 0 radical (unpaired) electrons. The number of methoxy groups -OCH3 is 2. The summed E-state index contributed by atoms with van der Waals surface area (Å²) in [4.78, 5) is 29.4. The van der Waals surface area contributed by atoms with Crippen molar-refractivity contribution in [2.75, 3.05) is 37.5 Å². The van der Waals surface area contributed by atoms with Crippen molar-refractivity contribution in [1.82, 2.24) is 5.32 Å². The van der Waals surface area contributed by atoms with E-state index in [4.69, 9.17) is 9.47 Å². The lowest BCUT2D eigenvalue weighted by atomic mass is 9.73. The number of nitrogens with zero attached hydrogens (tertiary/aromatic N) is 1. The highest BCUT2D eigenvalue weighted by molar-refractivity contribution is 6.02. The van der Waals surface area contributed by atoms with E-state index < -0.39 is 6.04 Å². The number of allylic oxidation sites excluding steroid dienone is 1. The van der Waals surface area contributed by atoms with Crippen LogP contribution in [0.2, 0.25) is 0 Å². The number of benzene rings is 3. The molecule has 1 unspecified atom stereocenters. The van der Waals surface area contributed by atoms with Gasteiger partial charge in [-0.3, -0.25) is 9.59 Å². The molecule has 2 aliphatic rings. The Labute approximate surface area is 240 Å². The Hall–Kier alpha value is -4.33. The summed E-state index contributed by atoms with van der Waals surface area (Å²) in [6.45, 7) is 4.59. The molecule has 1 atom stereocenters. The Kier molecular flexibility index (Phi) is 8.01. The molecule has 1 aliphatic carbocycles. The van der Waals surface area contributed by atoms with Gasteiger partial charge < -0.3 is 25.0 Å². The molecule has 3 aromatic carbocycles. The third kappa shape index (κ3) is 6.06. The first kappa shape index (κ1) is 28.2. The minimum Gasteiger partial charge on any atom is -0.497 e. The van der Waals surface area contributed by atoms with Crippen LogP contribution in [0.15, 0.2) is 78.0 Å². The molecule has 2 N–H and O–H groups in total. The second-order valence-electron chi connectivity index (χ2n) is 11.3. The smallest absolute Gasteiger partial charge is 0.239 e. The molecular weight excluding hydrogens is 521 g/mol. The molecule has 0 fully saturated rings. The summed E-state index contributed by atoms with van der Waals surface area (Å²) in [6.07, 6.45) is 1.65. The Morgan fingerprint density at radius 3 is 2.54 bits per heavy atom. The maximum absolute atomic E-state index is 13.9. The van der Waals surface area contributed by atoms with Gasteiger partial charge in [-0.05, 0) is 66.3 Å². The second kappa shape index (κ2) is 11.6. The summed E-state index contributed by atoms with van der Waals surface area (Å²) in [7, 11) is 3.20. The zero-order chi connectivity index (χ0) is 29.1. The molecule has 7 nitrogen and oxygen atoms in total. The van der Waals surface area contributed by atoms with Crippen molar-refractivity contribution in [3.63, 3.8) is 0 Å². The fraction of sp³-hybridized carbons (Fsp3) is 0.333. The lowest BCUT2D eigenvalue weighted by molar-refractivity contribution is -0.120. The quantitative estimate of drug-likeness (QED) is 0.364. The summed E-state index contributed by atoms with van der Waals surface area (Å²) < 4.78 is 24.7. The van der Waals surface area contributed by atoms with E-state index in [0.717, 1.165) is 28.2 Å². The topological polar surface area (TPSA) is 79.9 Å². The second-order valence-corrected chi connectivity index (χ2v) is 11.3. The molecule has 0 spiro atoms. The molecule has 0 bridgehead atoms. The predicted octanol–water partition coefficient (Wildman–Crippen LogP) is 5.82. The number of fused-ring (bicyclic) bond motifs is 1. The summed E-state index contributed by atoms with van der Waals surface area (Å²) in [5.74, 6) is 0.774. The van der Waals surface area contributed by atoms with Crippen LogP contribution in [0.1, 0.15) is 43.9 Å². The molecule has 1 aliphatic heterocycles.